The van der Waals surface area contributed by atoms with Gasteiger partial charge < -0.3 is 10.6 Å². The molecular formula is C13H16BrFN2O. The highest BCUT2D eigenvalue weighted by atomic mass is 79.9. The largest absolute Gasteiger partial charge is 0.350 e. The Bertz CT molecular complexity index is 433. The summed E-state index contributed by atoms with van der Waals surface area (Å²) in [6, 6.07) is 4.73. The van der Waals surface area contributed by atoms with Gasteiger partial charge in [0.25, 0.3) is 5.91 Å². The molecule has 1 amide bonds. The molecule has 1 aromatic rings. The van der Waals surface area contributed by atoms with Crippen LogP contribution in [0.1, 0.15) is 29.6 Å². The Kier molecular flexibility index (Phi) is 4.72. The molecule has 0 aliphatic carbocycles. The van der Waals surface area contributed by atoms with Gasteiger partial charge in [0.05, 0.1) is 4.47 Å². The minimum absolute atomic E-state index is 0.228. The molecule has 0 saturated carbocycles. The van der Waals surface area contributed by atoms with Crippen LogP contribution in [-0.4, -0.2) is 25.0 Å². The zero-order chi connectivity index (χ0) is 13.0. The van der Waals surface area contributed by atoms with E-state index in [4.69, 9.17) is 0 Å². The molecule has 5 heteroatoms. The first-order valence-electron chi connectivity index (χ1n) is 6.13. The summed E-state index contributed by atoms with van der Waals surface area (Å²) in [5.41, 5.74) is 0.353. The molecule has 1 aliphatic heterocycles. The van der Waals surface area contributed by atoms with Gasteiger partial charge in [-0.2, -0.15) is 0 Å². The monoisotopic (exact) mass is 314 g/mol. The molecule has 2 rings (SSSR count). The summed E-state index contributed by atoms with van der Waals surface area (Å²) < 4.78 is 13.7. The van der Waals surface area contributed by atoms with Gasteiger partial charge in [-0.1, -0.05) is 6.42 Å². The fourth-order valence-electron chi connectivity index (χ4n) is 2.05. The van der Waals surface area contributed by atoms with Crippen molar-refractivity contribution in [2.24, 2.45) is 0 Å². The highest BCUT2D eigenvalue weighted by Crippen LogP contribution is 2.16. The van der Waals surface area contributed by atoms with Gasteiger partial charge in [-0.05, 0) is 53.5 Å². The summed E-state index contributed by atoms with van der Waals surface area (Å²) in [6.45, 7) is 1.60. The SMILES string of the molecule is O=C(NCC1CCCCN1)c1ccc(Br)c(F)c1. The second-order valence-corrected chi connectivity index (χ2v) is 5.34. The van der Waals surface area contributed by atoms with Crippen molar-refractivity contribution >= 4 is 21.8 Å². The van der Waals surface area contributed by atoms with Crippen LogP contribution in [0.5, 0.6) is 0 Å². The molecule has 3 nitrogen and oxygen atoms in total. The van der Waals surface area contributed by atoms with Gasteiger partial charge in [-0.15, -0.1) is 0 Å². The lowest BCUT2D eigenvalue weighted by atomic mass is 10.1. The number of hydrogen-bond donors (Lipinski definition) is 2. The van der Waals surface area contributed by atoms with Gasteiger partial charge in [0.2, 0.25) is 0 Å². The number of benzene rings is 1. The van der Waals surface area contributed by atoms with Gasteiger partial charge in [-0.3, -0.25) is 4.79 Å². The average molecular weight is 315 g/mol. The highest BCUT2D eigenvalue weighted by molar-refractivity contribution is 9.10. The maximum Gasteiger partial charge on any atom is 0.251 e. The zero-order valence-corrected chi connectivity index (χ0v) is 11.6. The lowest BCUT2D eigenvalue weighted by molar-refractivity contribution is 0.0947. The Morgan fingerprint density at radius 2 is 2.33 bits per heavy atom. The predicted octanol–water partition coefficient (Wildman–Crippen LogP) is 2.46. The molecule has 1 heterocycles. The summed E-state index contributed by atoms with van der Waals surface area (Å²) in [5, 5.41) is 6.18. The van der Waals surface area contributed by atoms with Gasteiger partial charge in [0.15, 0.2) is 0 Å². The van der Waals surface area contributed by atoms with Crippen molar-refractivity contribution in [3.8, 4) is 0 Å². The summed E-state index contributed by atoms with van der Waals surface area (Å²) in [6.07, 6.45) is 3.47. The lowest BCUT2D eigenvalue weighted by Crippen LogP contribution is -2.43. The summed E-state index contributed by atoms with van der Waals surface area (Å²) in [7, 11) is 0. The van der Waals surface area contributed by atoms with Crippen molar-refractivity contribution < 1.29 is 9.18 Å². The number of amides is 1. The second kappa shape index (κ2) is 6.29. The molecule has 98 valence electrons. The Hall–Kier alpha value is -0.940. The minimum Gasteiger partial charge on any atom is -0.350 e. The Balaban J connectivity index is 1.88. The van der Waals surface area contributed by atoms with Crippen LogP contribution in [-0.2, 0) is 0 Å². The van der Waals surface area contributed by atoms with Crippen LogP contribution in [0.15, 0.2) is 22.7 Å². The number of nitrogens with one attached hydrogen (secondary N) is 2. The summed E-state index contributed by atoms with van der Waals surface area (Å²) in [5.74, 6) is -0.646. The molecule has 18 heavy (non-hydrogen) atoms. The fraction of sp³-hybridized carbons (Fsp3) is 0.462. The Morgan fingerprint density at radius 1 is 1.50 bits per heavy atom. The topological polar surface area (TPSA) is 41.1 Å². The van der Waals surface area contributed by atoms with E-state index in [1.165, 1.54) is 18.9 Å². The molecule has 1 aromatic carbocycles. The quantitative estimate of drug-likeness (QED) is 0.900. The molecule has 2 N–H and O–H groups in total. The molecule has 0 bridgehead atoms. The minimum atomic E-state index is -0.418. The lowest BCUT2D eigenvalue weighted by Gasteiger charge is -2.23. The van der Waals surface area contributed by atoms with Crippen LogP contribution >= 0.6 is 15.9 Å². The van der Waals surface area contributed by atoms with E-state index in [9.17, 15) is 9.18 Å². The third kappa shape index (κ3) is 3.53. The number of hydrogen-bond acceptors (Lipinski definition) is 2. The molecular weight excluding hydrogens is 299 g/mol. The number of rotatable bonds is 3. The van der Waals surface area contributed by atoms with Crippen molar-refractivity contribution in [2.75, 3.05) is 13.1 Å². The van der Waals surface area contributed by atoms with Crippen molar-refractivity contribution in [3.05, 3.63) is 34.1 Å². The van der Waals surface area contributed by atoms with Crippen LogP contribution in [0.2, 0.25) is 0 Å². The number of halogens is 2. The van der Waals surface area contributed by atoms with E-state index < -0.39 is 5.82 Å². The smallest absolute Gasteiger partial charge is 0.251 e. The molecule has 1 fully saturated rings. The molecule has 1 unspecified atom stereocenters. The standard InChI is InChI=1S/C13H16BrFN2O/c14-11-5-4-9(7-12(11)15)13(18)17-8-10-3-1-2-6-16-10/h4-5,7,10,16H,1-3,6,8H2,(H,17,18). The van der Waals surface area contributed by atoms with E-state index in [0.29, 0.717) is 22.6 Å². The Labute approximate surface area is 114 Å². The first-order chi connectivity index (χ1) is 8.66. The number of carbonyl (C=O) groups excluding carboxylic acids is 1. The maximum absolute atomic E-state index is 13.3. The first kappa shape index (κ1) is 13.5. The van der Waals surface area contributed by atoms with E-state index in [-0.39, 0.29) is 5.91 Å². The Morgan fingerprint density at radius 3 is 3.00 bits per heavy atom. The van der Waals surface area contributed by atoms with Crippen molar-refractivity contribution in [1.29, 1.82) is 0 Å². The summed E-state index contributed by atoms with van der Waals surface area (Å²) >= 11 is 3.06. The van der Waals surface area contributed by atoms with E-state index in [2.05, 4.69) is 26.6 Å². The molecule has 1 aliphatic rings. The normalized spacial score (nSPS) is 19.6. The van der Waals surface area contributed by atoms with Gasteiger partial charge in [0.1, 0.15) is 5.82 Å². The molecule has 1 saturated heterocycles. The van der Waals surface area contributed by atoms with E-state index in [0.717, 1.165) is 13.0 Å². The van der Waals surface area contributed by atoms with E-state index in [1.54, 1.807) is 12.1 Å². The zero-order valence-electron chi connectivity index (χ0n) is 10.0. The van der Waals surface area contributed by atoms with Crippen molar-refractivity contribution in [2.45, 2.75) is 25.3 Å². The first-order valence-corrected chi connectivity index (χ1v) is 6.93. The maximum atomic E-state index is 13.3. The van der Waals surface area contributed by atoms with Crippen LogP contribution in [0, 0.1) is 5.82 Å². The number of carbonyl (C=O) groups is 1. The second-order valence-electron chi connectivity index (χ2n) is 4.49. The van der Waals surface area contributed by atoms with Crippen LogP contribution in [0.25, 0.3) is 0 Å². The summed E-state index contributed by atoms with van der Waals surface area (Å²) in [4.78, 5) is 11.8. The fourth-order valence-corrected chi connectivity index (χ4v) is 2.30. The van der Waals surface area contributed by atoms with Crippen molar-refractivity contribution in [1.82, 2.24) is 10.6 Å². The van der Waals surface area contributed by atoms with Crippen LogP contribution in [0.3, 0.4) is 0 Å². The van der Waals surface area contributed by atoms with E-state index >= 15 is 0 Å². The van der Waals surface area contributed by atoms with Gasteiger partial charge in [0, 0.05) is 18.2 Å². The van der Waals surface area contributed by atoms with Gasteiger partial charge in [-0.25, -0.2) is 4.39 Å². The van der Waals surface area contributed by atoms with E-state index in [1.807, 2.05) is 0 Å². The van der Waals surface area contributed by atoms with Crippen LogP contribution in [0.4, 0.5) is 4.39 Å². The molecule has 0 spiro atoms. The molecule has 0 aromatic heterocycles. The molecule has 0 radical (unpaired) electrons. The van der Waals surface area contributed by atoms with Gasteiger partial charge >= 0.3 is 0 Å². The predicted molar refractivity (Wildman–Crippen MR) is 72.1 cm³/mol. The third-order valence-electron chi connectivity index (χ3n) is 3.10. The average Bonchev–Trinajstić information content (AvgIpc) is 2.40. The molecule has 1 atom stereocenters. The highest BCUT2D eigenvalue weighted by Gasteiger charge is 2.14. The van der Waals surface area contributed by atoms with Crippen molar-refractivity contribution in [3.63, 3.8) is 0 Å². The third-order valence-corrected chi connectivity index (χ3v) is 3.75. The van der Waals surface area contributed by atoms with Crippen LogP contribution < -0.4 is 10.6 Å². The number of piperidine rings is 1.